The summed E-state index contributed by atoms with van der Waals surface area (Å²) in [6, 6.07) is 9.21. The van der Waals surface area contributed by atoms with Gasteiger partial charge in [-0.1, -0.05) is 6.07 Å². The maximum Gasteiger partial charge on any atom is 0.340 e. The van der Waals surface area contributed by atoms with Crippen molar-refractivity contribution in [1.82, 2.24) is 0 Å². The molecule has 0 unspecified atom stereocenters. The maximum atomic E-state index is 13.7. The number of para-hydroxylation sites is 1. The molecule has 0 radical (unpaired) electrons. The summed E-state index contributed by atoms with van der Waals surface area (Å²) in [6.07, 6.45) is 0. The van der Waals surface area contributed by atoms with Crippen LogP contribution in [0.4, 0.5) is 21.5 Å². The largest absolute Gasteiger partial charge is 0.494 e. The number of hydrogen-bond acceptors (Lipinski definition) is 5. The summed E-state index contributed by atoms with van der Waals surface area (Å²) in [4.78, 5) is 11.7. The van der Waals surface area contributed by atoms with E-state index in [-0.39, 0.29) is 11.3 Å². The molecule has 0 spiro atoms. The van der Waals surface area contributed by atoms with E-state index in [9.17, 15) is 9.18 Å². The van der Waals surface area contributed by atoms with Crippen LogP contribution in [0.5, 0.6) is 5.75 Å². The number of rotatable bonds is 4. The summed E-state index contributed by atoms with van der Waals surface area (Å²) in [5, 5.41) is 2.93. The Hall–Kier alpha value is -2.76. The summed E-state index contributed by atoms with van der Waals surface area (Å²) in [5.41, 5.74) is 7.31. The van der Waals surface area contributed by atoms with Gasteiger partial charge in [0.05, 0.1) is 31.2 Å². The van der Waals surface area contributed by atoms with E-state index in [0.717, 1.165) is 0 Å². The minimum atomic E-state index is -0.529. The van der Waals surface area contributed by atoms with Gasteiger partial charge in [0, 0.05) is 11.8 Å². The molecule has 0 saturated heterocycles. The van der Waals surface area contributed by atoms with Crippen molar-refractivity contribution >= 4 is 23.0 Å². The van der Waals surface area contributed by atoms with Crippen LogP contribution < -0.4 is 15.8 Å². The molecule has 0 aromatic heterocycles. The highest BCUT2D eigenvalue weighted by molar-refractivity contribution is 5.99. The zero-order valence-corrected chi connectivity index (χ0v) is 11.6. The molecule has 0 heterocycles. The first kappa shape index (κ1) is 14.6. The second-order valence-electron chi connectivity index (χ2n) is 4.24. The van der Waals surface area contributed by atoms with Crippen LogP contribution in [-0.2, 0) is 4.74 Å². The molecule has 0 aliphatic carbocycles. The molecule has 0 fully saturated rings. The van der Waals surface area contributed by atoms with E-state index in [1.165, 1.54) is 26.4 Å². The average Bonchev–Trinajstić information content (AvgIpc) is 2.48. The van der Waals surface area contributed by atoms with Crippen molar-refractivity contribution in [2.24, 2.45) is 0 Å². The lowest BCUT2D eigenvalue weighted by Gasteiger charge is -2.14. The van der Waals surface area contributed by atoms with E-state index < -0.39 is 11.8 Å². The zero-order valence-electron chi connectivity index (χ0n) is 11.6. The third-order valence-electron chi connectivity index (χ3n) is 2.92. The number of carbonyl (C=O) groups is 1. The number of benzene rings is 2. The Morgan fingerprint density at radius 3 is 2.62 bits per heavy atom. The van der Waals surface area contributed by atoms with Crippen molar-refractivity contribution < 1.29 is 18.7 Å². The first-order valence-electron chi connectivity index (χ1n) is 6.14. The van der Waals surface area contributed by atoms with Crippen LogP contribution in [-0.4, -0.2) is 20.2 Å². The van der Waals surface area contributed by atoms with Gasteiger partial charge in [-0.2, -0.15) is 0 Å². The fourth-order valence-corrected chi connectivity index (χ4v) is 1.88. The lowest BCUT2D eigenvalue weighted by Crippen LogP contribution is -2.08. The number of hydrogen-bond donors (Lipinski definition) is 2. The smallest absolute Gasteiger partial charge is 0.340 e. The molecule has 0 amide bonds. The van der Waals surface area contributed by atoms with Gasteiger partial charge < -0.3 is 20.5 Å². The Bertz CT molecular complexity index is 674. The Kier molecular flexibility index (Phi) is 4.27. The highest BCUT2D eigenvalue weighted by Crippen LogP contribution is 2.29. The predicted octanol–water partition coefficient (Wildman–Crippen LogP) is 2.95. The molecule has 2 rings (SSSR count). The van der Waals surface area contributed by atoms with Gasteiger partial charge in [0.15, 0.2) is 11.6 Å². The van der Waals surface area contributed by atoms with Crippen LogP contribution >= 0.6 is 0 Å². The normalized spacial score (nSPS) is 10.0. The van der Waals surface area contributed by atoms with Crippen LogP contribution in [0.3, 0.4) is 0 Å². The van der Waals surface area contributed by atoms with Crippen molar-refractivity contribution in [3.05, 3.63) is 47.8 Å². The third-order valence-corrected chi connectivity index (χ3v) is 2.92. The number of anilines is 3. The standard InChI is InChI=1S/C15H15FN2O3/c1-20-13-7-6-9(8-11(13)16)18-14-10(15(19)21-2)4-3-5-12(14)17/h3-8,18H,17H2,1-2H3. The first-order chi connectivity index (χ1) is 10.1. The van der Waals surface area contributed by atoms with Crippen LogP contribution in [0.2, 0.25) is 0 Å². The lowest BCUT2D eigenvalue weighted by molar-refractivity contribution is 0.0602. The molecule has 5 nitrogen and oxygen atoms in total. The number of halogens is 1. The SMILES string of the molecule is COC(=O)c1cccc(N)c1Nc1ccc(OC)c(F)c1. The molecular formula is C15H15FN2O3. The second-order valence-corrected chi connectivity index (χ2v) is 4.24. The highest BCUT2D eigenvalue weighted by Gasteiger charge is 2.15. The van der Waals surface area contributed by atoms with E-state index in [1.54, 1.807) is 24.3 Å². The van der Waals surface area contributed by atoms with E-state index in [4.69, 9.17) is 15.2 Å². The summed E-state index contributed by atoms with van der Waals surface area (Å²) in [7, 11) is 2.67. The van der Waals surface area contributed by atoms with Gasteiger partial charge in [0.2, 0.25) is 0 Å². The molecule has 0 atom stereocenters. The minimum Gasteiger partial charge on any atom is -0.494 e. The zero-order chi connectivity index (χ0) is 15.4. The van der Waals surface area contributed by atoms with E-state index in [2.05, 4.69) is 5.32 Å². The Morgan fingerprint density at radius 2 is 2.00 bits per heavy atom. The van der Waals surface area contributed by atoms with Crippen molar-refractivity contribution in [3.8, 4) is 5.75 Å². The lowest BCUT2D eigenvalue weighted by atomic mass is 10.1. The van der Waals surface area contributed by atoms with E-state index >= 15 is 0 Å². The maximum absolute atomic E-state index is 13.7. The molecule has 2 aromatic carbocycles. The summed E-state index contributed by atoms with van der Waals surface area (Å²) in [5.74, 6) is -0.912. The van der Waals surface area contributed by atoms with Gasteiger partial charge in [-0.15, -0.1) is 0 Å². The molecular weight excluding hydrogens is 275 g/mol. The number of nitrogen functional groups attached to an aromatic ring is 1. The van der Waals surface area contributed by atoms with Crippen LogP contribution in [0, 0.1) is 5.82 Å². The highest BCUT2D eigenvalue weighted by atomic mass is 19.1. The molecule has 0 aliphatic heterocycles. The van der Waals surface area contributed by atoms with Gasteiger partial charge in [-0.05, 0) is 24.3 Å². The molecule has 3 N–H and O–H groups in total. The van der Waals surface area contributed by atoms with Crippen molar-refractivity contribution in [3.63, 3.8) is 0 Å². The molecule has 2 aromatic rings. The van der Waals surface area contributed by atoms with Gasteiger partial charge in [-0.25, -0.2) is 9.18 Å². The molecule has 0 saturated carbocycles. The summed E-state index contributed by atoms with van der Waals surface area (Å²) >= 11 is 0. The van der Waals surface area contributed by atoms with Crippen molar-refractivity contribution in [1.29, 1.82) is 0 Å². The predicted molar refractivity (Wildman–Crippen MR) is 78.4 cm³/mol. The summed E-state index contributed by atoms with van der Waals surface area (Å²) < 4.78 is 23.2. The minimum absolute atomic E-state index is 0.134. The number of nitrogens with two attached hydrogens (primary N) is 1. The number of nitrogens with one attached hydrogen (secondary N) is 1. The van der Waals surface area contributed by atoms with E-state index in [1.807, 2.05) is 0 Å². The average molecular weight is 290 g/mol. The number of esters is 1. The molecule has 0 bridgehead atoms. The van der Waals surface area contributed by atoms with Crippen LogP contribution in [0.25, 0.3) is 0 Å². The number of methoxy groups -OCH3 is 2. The molecule has 110 valence electrons. The molecule has 0 aliphatic rings. The van der Waals surface area contributed by atoms with Gasteiger partial charge in [0.25, 0.3) is 0 Å². The second kappa shape index (κ2) is 6.13. The fourth-order valence-electron chi connectivity index (χ4n) is 1.88. The number of ether oxygens (including phenoxy) is 2. The monoisotopic (exact) mass is 290 g/mol. The Balaban J connectivity index is 2.39. The topological polar surface area (TPSA) is 73.6 Å². The van der Waals surface area contributed by atoms with Crippen molar-refractivity contribution in [2.75, 3.05) is 25.3 Å². The number of carbonyl (C=O) groups excluding carboxylic acids is 1. The Labute approximate surface area is 121 Å². The van der Waals surface area contributed by atoms with Crippen molar-refractivity contribution in [2.45, 2.75) is 0 Å². The summed E-state index contributed by atoms with van der Waals surface area (Å²) in [6.45, 7) is 0. The van der Waals surface area contributed by atoms with Gasteiger partial charge >= 0.3 is 5.97 Å². The van der Waals surface area contributed by atoms with Gasteiger partial charge in [-0.3, -0.25) is 0 Å². The molecule has 6 heteroatoms. The van der Waals surface area contributed by atoms with Crippen LogP contribution in [0.1, 0.15) is 10.4 Å². The van der Waals surface area contributed by atoms with E-state index in [0.29, 0.717) is 17.1 Å². The Morgan fingerprint density at radius 1 is 1.24 bits per heavy atom. The van der Waals surface area contributed by atoms with Gasteiger partial charge in [0.1, 0.15) is 0 Å². The quantitative estimate of drug-likeness (QED) is 0.669. The third kappa shape index (κ3) is 3.05. The van der Waals surface area contributed by atoms with Crippen LogP contribution in [0.15, 0.2) is 36.4 Å². The fraction of sp³-hybridized carbons (Fsp3) is 0.133. The first-order valence-corrected chi connectivity index (χ1v) is 6.14. The molecule has 21 heavy (non-hydrogen) atoms.